The molecule has 1 aliphatic rings. The Morgan fingerprint density at radius 1 is 1.25 bits per heavy atom. The molecule has 1 aliphatic carbocycles. The summed E-state index contributed by atoms with van der Waals surface area (Å²) in [6.07, 6.45) is 5.36. The van der Waals surface area contributed by atoms with Crippen LogP contribution < -0.4 is 0 Å². The fourth-order valence-corrected chi connectivity index (χ4v) is 2.17. The van der Waals surface area contributed by atoms with Gasteiger partial charge in [-0.3, -0.25) is 4.99 Å². The summed E-state index contributed by atoms with van der Waals surface area (Å²) >= 11 is 0. The Labute approximate surface area is 120 Å². The van der Waals surface area contributed by atoms with Crippen molar-refractivity contribution in [2.24, 2.45) is 10.9 Å². The number of rotatable bonds is 3. The second-order valence-corrected chi connectivity index (χ2v) is 5.43. The van der Waals surface area contributed by atoms with Gasteiger partial charge in [0, 0.05) is 37.1 Å². The number of hydrogen-bond acceptors (Lipinski definition) is 2. The average molecular weight is 272 g/mol. The van der Waals surface area contributed by atoms with Crippen molar-refractivity contribution in [2.45, 2.75) is 20.3 Å². The fraction of sp³-hybridized carbons (Fsp3) is 0.353. The maximum absolute atomic E-state index is 12.9. The predicted octanol–water partition coefficient (Wildman–Crippen LogP) is 4.00. The largest absolute Gasteiger partial charge is 0.378 e. The molecule has 1 aromatic carbocycles. The summed E-state index contributed by atoms with van der Waals surface area (Å²) in [6, 6.07) is 6.48. The molecule has 106 valence electrons. The Kier molecular flexibility index (Phi) is 4.38. The lowest BCUT2D eigenvalue weighted by Gasteiger charge is -2.22. The molecule has 2 nitrogen and oxygen atoms in total. The van der Waals surface area contributed by atoms with Crippen molar-refractivity contribution in [3.8, 4) is 0 Å². The second-order valence-electron chi connectivity index (χ2n) is 5.43. The number of halogens is 1. The summed E-state index contributed by atoms with van der Waals surface area (Å²) in [5.41, 5.74) is 4.15. The smallest absolute Gasteiger partial charge is 0.123 e. The van der Waals surface area contributed by atoms with Gasteiger partial charge < -0.3 is 4.90 Å². The third-order valence-electron chi connectivity index (χ3n) is 3.56. The summed E-state index contributed by atoms with van der Waals surface area (Å²) in [5, 5.41) is 0. The maximum atomic E-state index is 12.9. The van der Waals surface area contributed by atoms with Crippen LogP contribution in [0, 0.1) is 11.7 Å². The van der Waals surface area contributed by atoms with E-state index in [0.717, 1.165) is 23.4 Å². The molecule has 0 N–H and O–H groups in total. The average Bonchev–Trinajstić information content (AvgIpc) is 2.41. The lowest BCUT2D eigenvalue weighted by atomic mass is 9.97. The topological polar surface area (TPSA) is 15.6 Å². The highest BCUT2D eigenvalue weighted by Crippen LogP contribution is 2.26. The van der Waals surface area contributed by atoms with Crippen LogP contribution in [0.15, 0.2) is 52.8 Å². The van der Waals surface area contributed by atoms with Gasteiger partial charge in [0.1, 0.15) is 5.82 Å². The van der Waals surface area contributed by atoms with Gasteiger partial charge in [-0.05, 0) is 37.1 Å². The summed E-state index contributed by atoms with van der Waals surface area (Å²) in [4.78, 5) is 6.83. The first-order valence-electron chi connectivity index (χ1n) is 6.87. The Morgan fingerprint density at radius 3 is 2.50 bits per heavy atom. The van der Waals surface area contributed by atoms with Crippen molar-refractivity contribution in [1.29, 1.82) is 0 Å². The van der Waals surface area contributed by atoms with Crippen LogP contribution in [-0.4, -0.2) is 24.7 Å². The Morgan fingerprint density at radius 2 is 1.90 bits per heavy atom. The zero-order valence-electron chi connectivity index (χ0n) is 12.5. The van der Waals surface area contributed by atoms with Crippen molar-refractivity contribution >= 4 is 5.71 Å². The van der Waals surface area contributed by atoms with Gasteiger partial charge >= 0.3 is 0 Å². The van der Waals surface area contributed by atoms with Gasteiger partial charge in [0.05, 0.1) is 0 Å². The monoisotopic (exact) mass is 272 g/mol. The van der Waals surface area contributed by atoms with Gasteiger partial charge in [-0.15, -0.1) is 0 Å². The van der Waals surface area contributed by atoms with E-state index in [0.29, 0.717) is 5.92 Å². The lowest BCUT2D eigenvalue weighted by molar-refractivity contribution is 0.511. The molecule has 0 heterocycles. The summed E-state index contributed by atoms with van der Waals surface area (Å²) in [6.45, 7) is 4.14. The van der Waals surface area contributed by atoms with Crippen LogP contribution in [0.4, 0.5) is 4.39 Å². The highest BCUT2D eigenvalue weighted by molar-refractivity contribution is 5.99. The van der Waals surface area contributed by atoms with E-state index in [1.54, 1.807) is 12.1 Å². The minimum absolute atomic E-state index is 0.218. The van der Waals surface area contributed by atoms with E-state index in [1.807, 2.05) is 21.0 Å². The van der Waals surface area contributed by atoms with E-state index in [4.69, 9.17) is 4.99 Å². The van der Waals surface area contributed by atoms with Gasteiger partial charge in [-0.1, -0.05) is 25.1 Å². The van der Waals surface area contributed by atoms with Crippen molar-refractivity contribution in [2.75, 3.05) is 14.1 Å². The van der Waals surface area contributed by atoms with E-state index in [-0.39, 0.29) is 5.82 Å². The number of likely N-dealkylation sites (N-methyl/N-ethyl adjacent to an activating group) is 1. The number of hydrogen-bond donors (Lipinski definition) is 0. The Hall–Kier alpha value is -1.90. The van der Waals surface area contributed by atoms with Gasteiger partial charge in [0.25, 0.3) is 0 Å². The van der Waals surface area contributed by atoms with E-state index in [1.165, 1.54) is 17.8 Å². The van der Waals surface area contributed by atoms with Crippen molar-refractivity contribution in [1.82, 2.24) is 4.90 Å². The molecule has 3 heteroatoms. The Balaban J connectivity index is 2.28. The minimum atomic E-state index is -0.218. The third kappa shape index (κ3) is 3.35. The zero-order valence-corrected chi connectivity index (χ0v) is 12.5. The molecule has 0 aromatic heterocycles. The molecule has 0 radical (unpaired) electrons. The first-order valence-corrected chi connectivity index (χ1v) is 6.87. The molecule has 20 heavy (non-hydrogen) atoms. The van der Waals surface area contributed by atoms with Gasteiger partial charge in [0.15, 0.2) is 0 Å². The SMILES string of the molecule is CC(=NC1=CC(N(C)C)=CCC1C)c1ccc(F)cc1. The molecule has 0 amide bonds. The molecule has 2 rings (SSSR count). The molecule has 0 aliphatic heterocycles. The number of nitrogens with zero attached hydrogens (tertiary/aromatic N) is 2. The predicted molar refractivity (Wildman–Crippen MR) is 82.2 cm³/mol. The van der Waals surface area contributed by atoms with Crippen LogP contribution in [0.3, 0.4) is 0 Å². The first-order chi connectivity index (χ1) is 9.47. The minimum Gasteiger partial charge on any atom is -0.378 e. The van der Waals surface area contributed by atoms with Crippen LogP contribution in [-0.2, 0) is 0 Å². The van der Waals surface area contributed by atoms with E-state index >= 15 is 0 Å². The third-order valence-corrected chi connectivity index (χ3v) is 3.56. The van der Waals surface area contributed by atoms with Crippen molar-refractivity contribution in [3.05, 3.63) is 59.2 Å². The molecule has 1 atom stereocenters. The van der Waals surface area contributed by atoms with Crippen molar-refractivity contribution in [3.63, 3.8) is 0 Å². The lowest BCUT2D eigenvalue weighted by Crippen LogP contribution is -2.14. The van der Waals surface area contributed by atoms with Crippen LogP contribution in [0.1, 0.15) is 25.8 Å². The summed E-state index contributed by atoms with van der Waals surface area (Å²) in [7, 11) is 4.07. The molecular formula is C17H21FN2. The normalized spacial score (nSPS) is 19.4. The van der Waals surface area contributed by atoms with Crippen LogP contribution in [0.2, 0.25) is 0 Å². The molecule has 0 spiro atoms. The molecule has 0 saturated carbocycles. The van der Waals surface area contributed by atoms with Crippen LogP contribution >= 0.6 is 0 Å². The molecule has 0 saturated heterocycles. The quantitative estimate of drug-likeness (QED) is 0.759. The van der Waals surface area contributed by atoms with Gasteiger partial charge in [-0.2, -0.15) is 0 Å². The van der Waals surface area contributed by atoms with Crippen LogP contribution in [0.5, 0.6) is 0 Å². The zero-order chi connectivity index (χ0) is 14.7. The van der Waals surface area contributed by atoms with Crippen molar-refractivity contribution < 1.29 is 4.39 Å². The molecule has 0 fully saturated rings. The van der Waals surface area contributed by atoms with Gasteiger partial charge in [-0.25, -0.2) is 4.39 Å². The van der Waals surface area contributed by atoms with Crippen LogP contribution in [0.25, 0.3) is 0 Å². The Bertz CT molecular complexity index is 565. The molecule has 1 unspecified atom stereocenters. The molecular weight excluding hydrogens is 251 g/mol. The van der Waals surface area contributed by atoms with Gasteiger partial charge in [0.2, 0.25) is 0 Å². The number of benzene rings is 1. The number of allylic oxidation sites excluding steroid dienone is 3. The first kappa shape index (κ1) is 14.5. The molecule has 0 bridgehead atoms. The fourth-order valence-electron chi connectivity index (χ4n) is 2.17. The maximum Gasteiger partial charge on any atom is 0.123 e. The highest BCUT2D eigenvalue weighted by Gasteiger charge is 2.14. The molecule has 1 aromatic rings. The second kappa shape index (κ2) is 6.04. The summed E-state index contributed by atoms with van der Waals surface area (Å²) < 4.78 is 12.9. The van der Waals surface area contributed by atoms with E-state index < -0.39 is 0 Å². The highest BCUT2D eigenvalue weighted by atomic mass is 19.1. The standard InChI is InChI=1S/C17H21FN2/c1-12-5-10-16(20(3)4)11-17(12)19-13(2)14-6-8-15(18)9-7-14/h6-12H,5H2,1-4H3. The number of aliphatic imine (C=N–C) groups is 1. The van der Waals surface area contributed by atoms with E-state index in [2.05, 4.69) is 24.0 Å². The summed E-state index contributed by atoms with van der Waals surface area (Å²) in [5.74, 6) is 0.193. The van der Waals surface area contributed by atoms with E-state index in [9.17, 15) is 4.39 Å².